The minimum absolute atomic E-state index is 0.120. The lowest BCUT2D eigenvalue weighted by atomic mass is 10.3. The van der Waals surface area contributed by atoms with Gasteiger partial charge in [0.2, 0.25) is 0 Å². The van der Waals surface area contributed by atoms with Crippen LogP contribution in [0.2, 0.25) is 0 Å². The Morgan fingerprint density at radius 3 is 3.00 bits per heavy atom. The zero-order valence-corrected chi connectivity index (χ0v) is 8.86. The number of nitrogens with zero attached hydrogens (tertiary/aromatic N) is 2. The van der Waals surface area contributed by atoms with Gasteiger partial charge in [0, 0.05) is 18.3 Å². The van der Waals surface area contributed by atoms with E-state index in [2.05, 4.69) is 20.9 Å². The van der Waals surface area contributed by atoms with Gasteiger partial charge in [0.25, 0.3) is 5.56 Å². The summed E-state index contributed by atoms with van der Waals surface area (Å²) in [6, 6.07) is 5.39. The van der Waals surface area contributed by atoms with Gasteiger partial charge in [-0.3, -0.25) is 9.20 Å². The summed E-state index contributed by atoms with van der Waals surface area (Å²) in [5, 5.41) is 0. The third kappa shape index (κ3) is 1.34. The Kier molecular flexibility index (Phi) is 2.35. The van der Waals surface area contributed by atoms with Crippen molar-refractivity contribution in [3.8, 4) is 0 Å². The highest BCUT2D eigenvalue weighted by Crippen LogP contribution is 2.09. The molecule has 0 aliphatic rings. The summed E-state index contributed by atoms with van der Waals surface area (Å²) in [6.45, 7) is 0.204. The molecule has 0 spiro atoms. The molecule has 2 aromatic heterocycles. The second-order valence-corrected chi connectivity index (χ2v) is 3.65. The quantitative estimate of drug-likeness (QED) is 0.769. The smallest absolute Gasteiger partial charge is 0.263 e. The Labute approximate surface area is 88.5 Å². The molecular formula is C9H8BrN3O. The second kappa shape index (κ2) is 3.51. The number of nitrogens with two attached hydrogens (primary N) is 1. The van der Waals surface area contributed by atoms with Crippen LogP contribution in [-0.4, -0.2) is 9.38 Å². The number of hydrogen-bond donors (Lipinski definition) is 1. The molecule has 0 aliphatic heterocycles. The van der Waals surface area contributed by atoms with Crippen LogP contribution in [0.4, 0.5) is 0 Å². The Bertz CT molecular complexity index is 535. The lowest BCUT2D eigenvalue weighted by Crippen LogP contribution is -2.22. The molecule has 4 nitrogen and oxygen atoms in total. The van der Waals surface area contributed by atoms with Crippen LogP contribution in [0, 0.1) is 0 Å². The Morgan fingerprint density at radius 2 is 2.29 bits per heavy atom. The van der Waals surface area contributed by atoms with Gasteiger partial charge in [-0.25, -0.2) is 4.98 Å². The van der Waals surface area contributed by atoms with Crippen LogP contribution < -0.4 is 11.3 Å². The van der Waals surface area contributed by atoms with E-state index in [1.807, 2.05) is 6.07 Å². The van der Waals surface area contributed by atoms with Gasteiger partial charge in [0.15, 0.2) is 0 Å². The maximum absolute atomic E-state index is 11.8. The molecule has 0 aliphatic carbocycles. The first kappa shape index (κ1) is 9.36. The van der Waals surface area contributed by atoms with E-state index < -0.39 is 0 Å². The summed E-state index contributed by atoms with van der Waals surface area (Å²) in [6.07, 6.45) is 1.52. The predicted octanol–water partition coefficient (Wildman–Crippen LogP) is 0.916. The number of fused-ring (bicyclic) bond motifs is 1. The third-order valence-electron chi connectivity index (χ3n) is 1.97. The van der Waals surface area contributed by atoms with Crippen molar-refractivity contribution in [2.45, 2.75) is 6.54 Å². The Hall–Kier alpha value is -1.20. The fraction of sp³-hybridized carbons (Fsp3) is 0.111. The number of hydrogen-bond acceptors (Lipinski definition) is 3. The maximum Gasteiger partial charge on any atom is 0.263 e. The summed E-state index contributed by atoms with van der Waals surface area (Å²) in [5.41, 5.74) is 6.42. The van der Waals surface area contributed by atoms with Crippen LogP contribution in [0.1, 0.15) is 5.56 Å². The largest absolute Gasteiger partial charge is 0.326 e. The molecule has 2 heterocycles. The van der Waals surface area contributed by atoms with E-state index in [0.717, 1.165) is 0 Å². The topological polar surface area (TPSA) is 60.4 Å². The van der Waals surface area contributed by atoms with Crippen LogP contribution in [-0.2, 0) is 6.54 Å². The molecule has 0 bridgehead atoms. The predicted molar refractivity (Wildman–Crippen MR) is 57.1 cm³/mol. The first-order chi connectivity index (χ1) is 6.74. The van der Waals surface area contributed by atoms with Crippen molar-refractivity contribution < 1.29 is 0 Å². The lowest BCUT2D eigenvalue weighted by Gasteiger charge is -2.03. The summed E-state index contributed by atoms with van der Waals surface area (Å²) in [4.78, 5) is 15.9. The minimum atomic E-state index is -0.120. The van der Waals surface area contributed by atoms with E-state index in [1.165, 1.54) is 10.6 Å². The van der Waals surface area contributed by atoms with Crippen molar-refractivity contribution in [3.63, 3.8) is 0 Å². The molecule has 5 heteroatoms. The molecule has 0 saturated heterocycles. The molecule has 0 saturated carbocycles. The molecule has 0 atom stereocenters. The summed E-state index contributed by atoms with van der Waals surface area (Å²) >= 11 is 3.29. The third-order valence-corrected chi connectivity index (χ3v) is 2.59. The van der Waals surface area contributed by atoms with Gasteiger partial charge in [0.1, 0.15) is 5.65 Å². The lowest BCUT2D eigenvalue weighted by molar-refractivity contribution is 0.933. The van der Waals surface area contributed by atoms with Crippen LogP contribution in [0.25, 0.3) is 5.65 Å². The van der Waals surface area contributed by atoms with E-state index in [0.29, 0.717) is 15.8 Å². The van der Waals surface area contributed by atoms with Crippen LogP contribution in [0.15, 0.2) is 33.8 Å². The average Bonchev–Trinajstić information content (AvgIpc) is 2.18. The molecular weight excluding hydrogens is 246 g/mol. The van der Waals surface area contributed by atoms with Gasteiger partial charge >= 0.3 is 0 Å². The zero-order chi connectivity index (χ0) is 10.1. The summed E-state index contributed by atoms with van der Waals surface area (Å²) in [7, 11) is 0. The maximum atomic E-state index is 11.8. The average molecular weight is 254 g/mol. The summed E-state index contributed by atoms with van der Waals surface area (Å²) < 4.78 is 2.17. The van der Waals surface area contributed by atoms with E-state index in [9.17, 15) is 4.79 Å². The van der Waals surface area contributed by atoms with Gasteiger partial charge < -0.3 is 5.73 Å². The van der Waals surface area contributed by atoms with Gasteiger partial charge in [0.05, 0.1) is 4.60 Å². The van der Waals surface area contributed by atoms with E-state index in [-0.39, 0.29) is 12.1 Å². The highest BCUT2D eigenvalue weighted by Gasteiger charge is 2.04. The van der Waals surface area contributed by atoms with Crippen LogP contribution >= 0.6 is 15.9 Å². The first-order valence-electron chi connectivity index (χ1n) is 4.09. The standard InChI is InChI=1S/C9H8BrN3O/c10-7-2-1-3-8-12-5-6(4-11)9(14)13(7)8/h1-3,5H,4,11H2. The highest BCUT2D eigenvalue weighted by atomic mass is 79.9. The van der Waals surface area contributed by atoms with Gasteiger partial charge in [-0.2, -0.15) is 0 Å². The fourth-order valence-corrected chi connectivity index (χ4v) is 1.75. The highest BCUT2D eigenvalue weighted by molar-refractivity contribution is 9.10. The Morgan fingerprint density at radius 1 is 1.50 bits per heavy atom. The van der Waals surface area contributed by atoms with Gasteiger partial charge in [-0.1, -0.05) is 6.07 Å². The molecule has 0 amide bonds. The van der Waals surface area contributed by atoms with E-state index >= 15 is 0 Å². The molecule has 2 rings (SSSR count). The Balaban J connectivity index is 2.94. The van der Waals surface area contributed by atoms with Crippen molar-refractivity contribution in [2.75, 3.05) is 0 Å². The van der Waals surface area contributed by atoms with Gasteiger partial charge in [-0.15, -0.1) is 0 Å². The molecule has 0 aromatic carbocycles. The van der Waals surface area contributed by atoms with Crippen molar-refractivity contribution in [3.05, 3.63) is 44.9 Å². The van der Waals surface area contributed by atoms with Crippen molar-refractivity contribution in [1.82, 2.24) is 9.38 Å². The monoisotopic (exact) mass is 253 g/mol. The van der Waals surface area contributed by atoms with Gasteiger partial charge in [-0.05, 0) is 28.1 Å². The summed E-state index contributed by atoms with van der Waals surface area (Å²) in [5.74, 6) is 0. The van der Waals surface area contributed by atoms with Crippen LogP contribution in [0.5, 0.6) is 0 Å². The number of pyridine rings is 1. The SMILES string of the molecule is NCc1cnc2cccc(Br)n2c1=O. The molecule has 0 radical (unpaired) electrons. The van der Waals surface area contributed by atoms with E-state index in [4.69, 9.17) is 5.73 Å². The zero-order valence-electron chi connectivity index (χ0n) is 7.27. The number of halogens is 1. The molecule has 0 fully saturated rings. The molecule has 2 aromatic rings. The minimum Gasteiger partial charge on any atom is -0.326 e. The van der Waals surface area contributed by atoms with Crippen molar-refractivity contribution >= 4 is 21.6 Å². The van der Waals surface area contributed by atoms with Crippen LogP contribution in [0.3, 0.4) is 0 Å². The second-order valence-electron chi connectivity index (χ2n) is 2.83. The number of aromatic nitrogens is 2. The van der Waals surface area contributed by atoms with Crippen molar-refractivity contribution in [1.29, 1.82) is 0 Å². The molecule has 0 unspecified atom stereocenters. The fourth-order valence-electron chi connectivity index (χ4n) is 1.26. The molecule has 14 heavy (non-hydrogen) atoms. The molecule has 72 valence electrons. The first-order valence-corrected chi connectivity index (χ1v) is 4.88. The van der Waals surface area contributed by atoms with E-state index in [1.54, 1.807) is 12.1 Å². The number of rotatable bonds is 1. The van der Waals surface area contributed by atoms with Crippen molar-refractivity contribution in [2.24, 2.45) is 5.73 Å². The molecule has 2 N–H and O–H groups in total. The normalized spacial score (nSPS) is 10.7.